The molecule has 1 aliphatic heterocycles. The number of carbonyl (C=O) groups is 1. The van der Waals surface area contributed by atoms with E-state index in [9.17, 15) is 4.79 Å². The summed E-state index contributed by atoms with van der Waals surface area (Å²) in [7, 11) is 1.38. The molecule has 22 heavy (non-hydrogen) atoms. The Morgan fingerprint density at radius 2 is 2.41 bits per heavy atom. The molecule has 1 atom stereocenters. The van der Waals surface area contributed by atoms with Crippen molar-refractivity contribution in [3.8, 4) is 0 Å². The molecule has 1 saturated heterocycles. The highest BCUT2D eigenvalue weighted by Crippen LogP contribution is 2.30. The van der Waals surface area contributed by atoms with Crippen LogP contribution in [0.1, 0.15) is 53.0 Å². The fraction of sp³-hybridized carbons (Fsp3) is 0.500. The Kier molecular flexibility index (Phi) is 4.29. The number of hydrogen-bond acceptors (Lipinski definition) is 5. The second-order valence-electron chi connectivity index (χ2n) is 5.63. The zero-order valence-electron chi connectivity index (χ0n) is 13.0. The van der Waals surface area contributed by atoms with Gasteiger partial charge in [0.15, 0.2) is 0 Å². The van der Waals surface area contributed by atoms with E-state index in [1.54, 1.807) is 19.2 Å². The Morgan fingerprint density at radius 1 is 1.55 bits per heavy atom. The molecule has 0 aliphatic carbocycles. The lowest BCUT2D eigenvalue weighted by atomic mass is 10.0. The van der Waals surface area contributed by atoms with Gasteiger partial charge in [-0.05, 0) is 32.4 Å². The molecule has 0 spiro atoms. The first-order chi connectivity index (χ1) is 10.7. The number of aromatic amines is 1. The van der Waals surface area contributed by atoms with Gasteiger partial charge in [-0.3, -0.25) is 4.90 Å². The molecule has 0 saturated carbocycles. The second kappa shape index (κ2) is 6.36. The van der Waals surface area contributed by atoms with Crippen molar-refractivity contribution in [3.05, 3.63) is 41.4 Å². The first kappa shape index (κ1) is 14.8. The number of esters is 1. The van der Waals surface area contributed by atoms with Crippen LogP contribution >= 0.6 is 0 Å². The Labute approximate surface area is 129 Å². The number of ether oxygens (including phenoxy) is 1. The van der Waals surface area contributed by atoms with E-state index in [4.69, 9.17) is 9.15 Å². The third-order valence-corrected chi connectivity index (χ3v) is 4.18. The Bertz CT molecular complexity index is 633. The lowest BCUT2D eigenvalue weighted by Gasteiger charge is -2.33. The zero-order valence-corrected chi connectivity index (χ0v) is 13.0. The highest BCUT2D eigenvalue weighted by molar-refractivity contribution is 5.90. The van der Waals surface area contributed by atoms with Gasteiger partial charge in [-0.1, -0.05) is 6.42 Å². The number of methoxy groups -OCH3 is 1. The van der Waals surface area contributed by atoms with Crippen molar-refractivity contribution in [2.45, 2.75) is 38.8 Å². The van der Waals surface area contributed by atoms with Gasteiger partial charge in [-0.15, -0.1) is 0 Å². The maximum absolute atomic E-state index is 11.7. The van der Waals surface area contributed by atoms with Crippen LogP contribution in [0.3, 0.4) is 0 Å². The topological polar surface area (TPSA) is 71.4 Å². The van der Waals surface area contributed by atoms with Crippen molar-refractivity contribution in [3.63, 3.8) is 0 Å². The highest BCUT2D eigenvalue weighted by Gasteiger charge is 2.27. The van der Waals surface area contributed by atoms with Gasteiger partial charge in [-0.2, -0.15) is 0 Å². The van der Waals surface area contributed by atoms with E-state index < -0.39 is 0 Å². The van der Waals surface area contributed by atoms with Gasteiger partial charge >= 0.3 is 5.97 Å². The maximum atomic E-state index is 11.7. The van der Waals surface area contributed by atoms with E-state index in [1.807, 2.05) is 6.20 Å². The summed E-state index contributed by atoms with van der Waals surface area (Å²) in [4.78, 5) is 21.6. The zero-order chi connectivity index (χ0) is 15.5. The van der Waals surface area contributed by atoms with Crippen LogP contribution in [0.25, 0.3) is 0 Å². The van der Waals surface area contributed by atoms with Gasteiger partial charge < -0.3 is 14.1 Å². The summed E-state index contributed by atoms with van der Waals surface area (Å²) >= 11 is 0. The molecule has 2 aromatic rings. The van der Waals surface area contributed by atoms with E-state index in [2.05, 4.69) is 14.9 Å². The molecule has 6 heteroatoms. The van der Waals surface area contributed by atoms with Crippen LogP contribution in [0.15, 0.2) is 22.9 Å². The minimum absolute atomic E-state index is 0.274. The molecule has 2 aromatic heterocycles. The molecule has 0 radical (unpaired) electrons. The summed E-state index contributed by atoms with van der Waals surface area (Å²) in [5.41, 5.74) is 0.504. The third-order valence-electron chi connectivity index (χ3n) is 4.18. The van der Waals surface area contributed by atoms with E-state index in [1.165, 1.54) is 20.0 Å². The van der Waals surface area contributed by atoms with Crippen LogP contribution in [0, 0.1) is 6.92 Å². The van der Waals surface area contributed by atoms with Crippen molar-refractivity contribution in [2.75, 3.05) is 13.7 Å². The van der Waals surface area contributed by atoms with Gasteiger partial charge in [-0.25, -0.2) is 9.78 Å². The number of aryl methyl sites for hydroxylation is 1. The number of carbonyl (C=O) groups excluding carboxylic acids is 1. The summed E-state index contributed by atoms with van der Waals surface area (Å²) in [6.45, 7) is 3.46. The SMILES string of the molecule is COC(=O)c1cc(CN2CCCC[C@@H]2c2ncc[nH]2)oc1C. The monoisotopic (exact) mass is 303 g/mol. The molecule has 0 amide bonds. The quantitative estimate of drug-likeness (QED) is 0.879. The van der Waals surface area contributed by atoms with E-state index in [-0.39, 0.29) is 12.0 Å². The molecular formula is C16H21N3O3. The number of nitrogens with zero attached hydrogens (tertiary/aromatic N) is 2. The number of H-pyrrole nitrogens is 1. The van der Waals surface area contributed by atoms with Crippen molar-refractivity contribution in [1.29, 1.82) is 0 Å². The highest BCUT2D eigenvalue weighted by atomic mass is 16.5. The molecule has 1 fully saturated rings. The summed E-state index contributed by atoms with van der Waals surface area (Å²) in [5.74, 6) is 2.04. The van der Waals surface area contributed by atoms with Crippen LogP contribution in [-0.4, -0.2) is 34.5 Å². The molecule has 0 aromatic carbocycles. The van der Waals surface area contributed by atoms with Crippen LogP contribution in [0.2, 0.25) is 0 Å². The number of rotatable bonds is 4. The average molecular weight is 303 g/mol. The van der Waals surface area contributed by atoms with Gasteiger partial charge in [0, 0.05) is 12.4 Å². The molecular weight excluding hydrogens is 282 g/mol. The minimum atomic E-state index is -0.353. The number of nitrogens with one attached hydrogen (secondary N) is 1. The molecule has 3 rings (SSSR count). The number of likely N-dealkylation sites (tertiary alicyclic amines) is 1. The second-order valence-corrected chi connectivity index (χ2v) is 5.63. The number of piperidine rings is 1. The fourth-order valence-corrected chi connectivity index (χ4v) is 3.08. The van der Waals surface area contributed by atoms with Crippen LogP contribution in [-0.2, 0) is 11.3 Å². The largest absolute Gasteiger partial charge is 0.465 e. The Morgan fingerprint density at radius 3 is 3.14 bits per heavy atom. The number of imidazole rings is 1. The standard InChI is InChI=1S/C16H21N3O3/c1-11-13(16(20)21-2)9-12(22-11)10-19-8-4-3-5-14(19)15-17-6-7-18-15/h6-7,9,14H,3-5,8,10H2,1-2H3,(H,17,18)/t14-/m1/s1. The van der Waals surface area contributed by atoms with Crippen LogP contribution < -0.4 is 0 Å². The number of aromatic nitrogens is 2. The first-order valence-electron chi connectivity index (χ1n) is 7.60. The summed E-state index contributed by atoms with van der Waals surface area (Å²) in [5, 5.41) is 0. The molecule has 1 aliphatic rings. The fourth-order valence-electron chi connectivity index (χ4n) is 3.08. The predicted molar refractivity (Wildman–Crippen MR) is 80.4 cm³/mol. The van der Waals surface area contributed by atoms with Crippen LogP contribution in [0.4, 0.5) is 0 Å². The average Bonchev–Trinajstić information content (AvgIpc) is 3.17. The third kappa shape index (κ3) is 2.92. The maximum Gasteiger partial charge on any atom is 0.341 e. The van der Waals surface area contributed by atoms with Crippen molar-refractivity contribution in [2.24, 2.45) is 0 Å². The van der Waals surface area contributed by atoms with Crippen molar-refractivity contribution in [1.82, 2.24) is 14.9 Å². The van der Waals surface area contributed by atoms with E-state index >= 15 is 0 Å². The minimum Gasteiger partial charge on any atom is -0.465 e. The molecule has 3 heterocycles. The van der Waals surface area contributed by atoms with Gasteiger partial charge in [0.05, 0.1) is 19.7 Å². The normalized spacial score (nSPS) is 19.3. The van der Waals surface area contributed by atoms with Gasteiger partial charge in [0.1, 0.15) is 22.9 Å². The molecule has 0 bridgehead atoms. The predicted octanol–water partition coefficient (Wildman–Crippen LogP) is 2.82. The summed E-state index contributed by atoms with van der Waals surface area (Å²) in [6, 6.07) is 2.06. The molecule has 1 N–H and O–H groups in total. The first-order valence-corrected chi connectivity index (χ1v) is 7.60. The lowest BCUT2D eigenvalue weighted by molar-refractivity contribution is 0.0599. The van der Waals surface area contributed by atoms with Gasteiger partial charge in [0.2, 0.25) is 0 Å². The summed E-state index contributed by atoms with van der Waals surface area (Å²) < 4.78 is 10.5. The lowest BCUT2D eigenvalue weighted by Crippen LogP contribution is -2.33. The van der Waals surface area contributed by atoms with Crippen molar-refractivity contribution < 1.29 is 13.9 Å². The number of furan rings is 1. The molecule has 0 unspecified atom stereocenters. The van der Waals surface area contributed by atoms with E-state index in [0.717, 1.165) is 24.6 Å². The van der Waals surface area contributed by atoms with Crippen molar-refractivity contribution >= 4 is 5.97 Å². The van der Waals surface area contributed by atoms with E-state index in [0.29, 0.717) is 17.9 Å². The molecule has 6 nitrogen and oxygen atoms in total. The smallest absolute Gasteiger partial charge is 0.341 e. The summed E-state index contributed by atoms with van der Waals surface area (Å²) in [6.07, 6.45) is 7.09. The molecule has 118 valence electrons. The Balaban J connectivity index is 1.77. The van der Waals surface area contributed by atoms with Gasteiger partial charge in [0.25, 0.3) is 0 Å². The van der Waals surface area contributed by atoms with Crippen LogP contribution in [0.5, 0.6) is 0 Å². The number of hydrogen-bond donors (Lipinski definition) is 1. The Hall–Kier alpha value is -2.08.